The molecule has 4 heteroatoms. The predicted molar refractivity (Wildman–Crippen MR) is 95.0 cm³/mol. The molecule has 0 aliphatic carbocycles. The summed E-state index contributed by atoms with van der Waals surface area (Å²) in [5.41, 5.74) is 4.36. The van der Waals surface area contributed by atoms with Crippen LogP contribution in [-0.2, 0) is 22.4 Å². The summed E-state index contributed by atoms with van der Waals surface area (Å²) in [6.45, 7) is 4.15. The van der Waals surface area contributed by atoms with E-state index in [1.54, 1.807) is 4.90 Å². The quantitative estimate of drug-likeness (QED) is 0.941. The molecule has 1 heterocycles. The van der Waals surface area contributed by atoms with Crippen LogP contribution in [0.3, 0.4) is 0 Å². The second-order valence-electron chi connectivity index (χ2n) is 6.21. The first kappa shape index (κ1) is 16.2. The van der Waals surface area contributed by atoms with Gasteiger partial charge < -0.3 is 5.32 Å². The number of para-hydroxylation sites is 1. The first-order valence-electron chi connectivity index (χ1n) is 8.28. The summed E-state index contributed by atoms with van der Waals surface area (Å²) in [6.07, 6.45) is 1.37. The van der Waals surface area contributed by atoms with Crippen molar-refractivity contribution in [3.8, 4) is 0 Å². The van der Waals surface area contributed by atoms with Gasteiger partial charge in [0.2, 0.25) is 11.8 Å². The summed E-state index contributed by atoms with van der Waals surface area (Å²) in [4.78, 5) is 26.2. The molecule has 24 heavy (non-hydrogen) atoms. The Morgan fingerprint density at radius 2 is 1.83 bits per heavy atom. The number of nitrogens with one attached hydrogen (secondary N) is 1. The molecule has 4 nitrogen and oxygen atoms in total. The summed E-state index contributed by atoms with van der Waals surface area (Å²) in [7, 11) is 0. The first-order valence-corrected chi connectivity index (χ1v) is 8.28. The highest BCUT2D eigenvalue weighted by Crippen LogP contribution is 2.32. The van der Waals surface area contributed by atoms with Gasteiger partial charge in [0.05, 0.1) is 0 Å². The van der Waals surface area contributed by atoms with Crippen LogP contribution in [0.2, 0.25) is 0 Å². The average Bonchev–Trinajstić information content (AvgIpc) is 2.96. The number of nitrogens with zero attached hydrogens (tertiary/aromatic N) is 1. The van der Waals surface area contributed by atoms with Crippen LogP contribution in [0.5, 0.6) is 0 Å². The lowest BCUT2D eigenvalue weighted by atomic mass is 10.1. The number of anilines is 1. The van der Waals surface area contributed by atoms with Crippen molar-refractivity contribution in [1.29, 1.82) is 0 Å². The number of fused-ring (bicyclic) bond motifs is 1. The third-order valence-corrected chi connectivity index (χ3v) is 4.57. The zero-order valence-electron chi connectivity index (χ0n) is 14.1. The Morgan fingerprint density at radius 3 is 2.58 bits per heavy atom. The zero-order chi connectivity index (χ0) is 17.1. The SMILES string of the molecule is CC(=O)N1c2ccccc2CC1C(=O)NCCc1ccccc1C. The van der Waals surface area contributed by atoms with Crippen LogP contribution in [0.25, 0.3) is 0 Å². The number of rotatable bonds is 4. The number of amides is 2. The Kier molecular flexibility index (Phi) is 4.65. The fourth-order valence-electron chi connectivity index (χ4n) is 3.31. The highest BCUT2D eigenvalue weighted by molar-refractivity contribution is 6.02. The minimum Gasteiger partial charge on any atom is -0.354 e. The third-order valence-electron chi connectivity index (χ3n) is 4.57. The van der Waals surface area contributed by atoms with E-state index in [9.17, 15) is 9.59 Å². The van der Waals surface area contributed by atoms with Gasteiger partial charge in [-0.15, -0.1) is 0 Å². The van der Waals surface area contributed by atoms with Crippen LogP contribution >= 0.6 is 0 Å². The van der Waals surface area contributed by atoms with E-state index in [0.29, 0.717) is 13.0 Å². The van der Waals surface area contributed by atoms with Gasteiger partial charge in [-0.3, -0.25) is 14.5 Å². The molecule has 0 saturated carbocycles. The Morgan fingerprint density at radius 1 is 1.12 bits per heavy atom. The number of carbonyl (C=O) groups is 2. The molecule has 1 unspecified atom stereocenters. The van der Waals surface area contributed by atoms with Gasteiger partial charge >= 0.3 is 0 Å². The van der Waals surface area contributed by atoms with Gasteiger partial charge in [0.25, 0.3) is 0 Å². The van der Waals surface area contributed by atoms with Crippen LogP contribution in [0.15, 0.2) is 48.5 Å². The number of hydrogen-bond acceptors (Lipinski definition) is 2. The van der Waals surface area contributed by atoms with E-state index < -0.39 is 6.04 Å². The first-order chi connectivity index (χ1) is 11.6. The summed E-state index contributed by atoms with van der Waals surface area (Å²) in [6, 6.07) is 15.4. The second kappa shape index (κ2) is 6.87. The number of aryl methyl sites for hydroxylation is 1. The second-order valence-corrected chi connectivity index (χ2v) is 6.21. The van der Waals surface area contributed by atoms with E-state index in [1.807, 2.05) is 36.4 Å². The predicted octanol–water partition coefficient (Wildman–Crippen LogP) is 2.63. The molecular formula is C20H22N2O2. The maximum absolute atomic E-state index is 12.6. The normalized spacial score (nSPS) is 15.9. The molecule has 2 amide bonds. The van der Waals surface area contributed by atoms with Gasteiger partial charge in [-0.05, 0) is 36.1 Å². The summed E-state index contributed by atoms with van der Waals surface area (Å²) in [5.74, 6) is -0.186. The van der Waals surface area contributed by atoms with Crippen LogP contribution < -0.4 is 10.2 Å². The van der Waals surface area contributed by atoms with Crippen molar-refractivity contribution in [1.82, 2.24) is 5.32 Å². The van der Waals surface area contributed by atoms with Gasteiger partial charge in [0.15, 0.2) is 0 Å². The Bertz CT molecular complexity index is 770. The van der Waals surface area contributed by atoms with Crippen molar-refractivity contribution in [2.24, 2.45) is 0 Å². The van der Waals surface area contributed by atoms with Crippen LogP contribution in [-0.4, -0.2) is 24.4 Å². The van der Waals surface area contributed by atoms with Crippen molar-refractivity contribution < 1.29 is 9.59 Å². The lowest BCUT2D eigenvalue weighted by Gasteiger charge is -2.23. The van der Waals surface area contributed by atoms with E-state index in [0.717, 1.165) is 17.7 Å². The van der Waals surface area contributed by atoms with E-state index in [4.69, 9.17) is 0 Å². The molecule has 0 spiro atoms. The van der Waals surface area contributed by atoms with Crippen molar-refractivity contribution in [3.05, 3.63) is 65.2 Å². The molecule has 1 N–H and O–H groups in total. The van der Waals surface area contributed by atoms with Crippen molar-refractivity contribution in [3.63, 3.8) is 0 Å². The minimum atomic E-state index is -0.447. The lowest BCUT2D eigenvalue weighted by Crippen LogP contribution is -2.47. The van der Waals surface area contributed by atoms with E-state index in [-0.39, 0.29) is 11.8 Å². The third kappa shape index (κ3) is 3.18. The van der Waals surface area contributed by atoms with E-state index in [1.165, 1.54) is 18.1 Å². The van der Waals surface area contributed by atoms with Crippen molar-refractivity contribution in [2.75, 3.05) is 11.4 Å². The fourth-order valence-corrected chi connectivity index (χ4v) is 3.31. The summed E-state index contributed by atoms with van der Waals surface area (Å²) < 4.78 is 0. The topological polar surface area (TPSA) is 49.4 Å². The Hall–Kier alpha value is -2.62. The molecule has 0 bridgehead atoms. The van der Waals surface area contributed by atoms with Gasteiger partial charge in [-0.25, -0.2) is 0 Å². The average molecular weight is 322 g/mol. The number of hydrogen-bond donors (Lipinski definition) is 1. The number of carbonyl (C=O) groups excluding carboxylic acids is 2. The Labute approximate surface area is 142 Å². The van der Waals surface area contributed by atoms with E-state index >= 15 is 0 Å². The molecule has 2 aromatic rings. The molecule has 0 aromatic heterocycles. The highest BCUT2D eigenvalue weighted by Gasteiger charge is 2.36. The fraction of sp³-hybridized carbons (Fsp3) is 0.300. The van der Waals surface area contributed by atoms with Gasteiger partial charge in [0, 0.05) is 25.6 Å². The molecule has 2 aromatic carbocycles. The molecule has 1 aliphatic rings. The molecule has 1 aliphatic heterocycles. The largest absolute Gasteiger partial charge is 0.354 e. The van der Waals surface area contributed by atoms with Crippen molar-refractivity contribution in [2.45, 2.75) is 32.7 Å². The highest BCUT2D eigenvalue weighted by atomic mass is 16.2. The molecule has 3 rings (SSSR count). The molecule has 0 fully saturated rings. The molecule has 124 valence electrons. The monoisotopic (exact) mass is 322 g/mol. The minimum absolute atomic E-state index is 0.0880. The van der Waals surface area contributed by atoms with Crippen LogP contribution in [0, 0.1) is 6.92 Å². The van der Waals surface area contributed by atoms with Gasteiger partial charge in [0.1, 0.15) is 6.04 Å². The van der Waals surface area contributed by atoms with Gasteiger partial charge in [-0.2, -0.15) is 0 Å². The molecule has 0 radical (unpaired) electrons. The smallest absolute Gasteiger partial charge is 0.243 e. The van der Waals surface area contributed by atoms with Crippen LogP contribution in [0.1, 0.15) is 23.6 Å². The maximum atomic E-state index is 12.6. The Balaban J connectivity index is 1.65. The summed E-state index contributed by atoms with van der Waals surface area (Å²) in [5, 5.41) is 2.99. The van der Waals surface area contributed by atoms with Gasteiger partial charge in [-0.1, -0.05) is 42.5 Å². The van der Waals surface area contributed by atoms with Crippen LogP contribution in [0.4, 0.5) is 5.69 Å². The number of benzene rings is 2. The van der Waals surface area contributed by atoms with E-state index in [2.05, 4.69) is 24.4 Å². The zero-order valence-corrected chi connectivity index (χ0v) is 14.1. The summed E-state index contributed by atoms with van der Waals surface area (Å²) >= 11 is 0. The molecular weight excluding hydrogens is 300 g/mol. The molecule has 1 atom stereocenters. The maximum Gasteiger partial charge on any atom is 0.243 e. The lowest BCUT2D eigenvalue weighted by molar-refractivity contribution is -0.125. The van der Waals surface area contributed by atoms with Crippen molar-refractivity contribution >= 4 is 17.5 Å². The standard InChI is InChI=1S/C20H22N2O2/c1-14-7-3-4-8-16(14)11-12-21-20(24)19-13-17-9-5-6-10-18(17)22(19)15(2)23/h3-10,19H,11-13H2,1-2H3,(H,21,24). The molecule has 0 saturated heterocycles.